The van der Waals surface area contributed by atoms with Crippen LogP contribution in [0.4, 0.5) is 4.79 Å². The first kappa shape index (κ1) is 22.9. The summed E-state index contributed by atoms with van der Waals surface area (Å²) in [6.07, 6.45) is 6.41. The maximum Gasteiger partial charge on any atom is 0.318 e. The van der Waals surface area contributed by atoms with E-state index < -0.39 is 0 Å². The van der Waals surface area contributed by atoms with E-state index in [4.69, 9.17) is 4.42 Å². The summed E-state index contributed by atoms with van der Waals surface area (Å²) in [5.74, 6) is 1.49. The van der Waals surface area contributed by atoms with Crippen molar-refractivity contribution >= 4 is 11.9 Å². The molecule has 0 unspecified atom stereocenters. The van der Waals surface area contributed by atoms with Crippen molar-refractivity contribution in [2.24, 2.45) is 0 Å². The van der Waals surface area contributed by atoms with Crippen LogP contribution in [-0.4, -0.2) is 40.9 Å². The zero-order chi connectivity index (χ0) is 22.1. The second kappa shape index (κ2) is 11.6. The minimum atomic E-state index is -0.129. The Kier molecular flexibility index (Phi) is 8.56. The molecule has 6 heteroatoms. The monoisotopic (exact) mass is 425 g/mol. The number of aryl methyl sites for hydroxylation is 1. The molecular weight excluding hydrogens is 390 g/mol. The van der Waals surface area contributed by atoms with Crippen LogP contribution in [0.1, 0.15) is 62.5 Å². The van der Waals surface area contributed by atoms with E-state index in [1.807, 2.05) is 56.3 Å². The van der Waals surface area contributed by atoms with Crippen LogP contribution < -0.4 is 5.32 Å². The Labute approximate surface area is 185 Å². The molecule has 1 aromatic heterocycles. The molecule has 0 aliphatic heterocycles. The standard InChI is InChI=1S/C25H35N3O3/c1-3-16-27(25(30)26-22-12-8-5-9-13-22)19-24(29)28(17-21-10-6-4-7-11-21)18-23-15-14-20(2)31-23/h4,6-7,10-11,14-15,22H,3,5,8-9,12-13,16-19H2,1-2H3,(H,26,30). The van der Waals surface area contributed by atoms with Crippen molar-refractivity contribution in [3.8, 4) is 0 Å². The lowest BCUT2D eigenvalue weighted by Gasteiger charge is -2.30. The number of carbonyl (C=O) groups is 2. The molecule has 1 heterocycles. The summed E-state index contributed by atoms with van der Waals surface area (Å²) in [6, 6.07) is 13.8. The normalized spacial score (nSPS) is 14.3. The predicted molar refractivity (Wildman–Crippen MR) is 121 cm³/mol. The van der Waals surface area contributed by atoms with Crippen molar-refractivity contribution in [1.82, 2.24) is 15.1 Å². The molecule has 1 aromatic carbocycles. The molecular formula is C25H35N3O3. The topological polar surface area (TPSA) is 65.8 Å². The van der Waals surface area contributed by atoms with Gasteiger partial charge in [-0.15, -0.1) is 0 Å². The van der Waals surface area contributed by atoms with Crippen LogP contribution >= 0.6 is 0 Å². The van der Waals surface area contributed by atoms with E-state index in [0.717, 1.165) is 49.2 Å². The van der Waals surface area contributed by atoms with Gasteiger partial charge in [-0.3, -0.25) is 4.79 Å². The Morgan fingerprint density at radius 1 is 1.00 bits per heavy atom. The van der Waals surface area contributed by atoms with E-state index in [9.17, 15) is 9.59 Å². The first-order valence-electron chi connectivity index (χ1n) is 11.5. The Morgan fingerprint density at radius 3 is 2.39 bits per heavy atom. The van der Waals surface area contributed by atoms with Gasteiger partial charge in [0.1, 0.15) is 18.1 Å². The summed E-state index contributed by atoms with van der Waals surface area (Å²) < 4.78 is 5.72. The first-order chi connectivity index (χ1) is 15.0. The van der Waals surface area contributed by atoms with Crippen LogP contribution in [0.2, 0.25) is 0 Å². The van der Waals surface area contributed by atoms with Crippen molar-refractivity contribution < 1.29 is 14.0 Å². The van der Waals surface area contributed by atoms with Crippen LogP contribution in [0.25, 0.3) is 0 Å². The van der Waals surface area contributed by atoms with Crippen LogP contribution in [-0.2, 0) is 17.9 Å². The third-order valence-corrected chi connectivity index (χ3v) is 5.75. The Morgan fingerprint density at radius 2 is 1.74 bits per heavy atom. The van der Waals surface area contributed by atoms with Crippen molar-refractivity contribution in [2.75, 3.05) is 13.1 Å². The van der Waals surface area contributed by atoms with Gasteiger partial charge in [0.15, 0.2) is 0 Å². The van der Waals surface area contributed by atoms with Crippen molar-refractivity contribution in [3.05, 3.63) is 59.5 Å². The van der Waals surface area contributed by atoms with Gasteiger partial charge in [-0.05, 0) is 43.9 Å². The zero-order valence-corrected chi connectivity index (χ0v) is 18.8. The number of rotatable bonds is 9. The lowest BCUT2D eigenvalue weighted by molar-refractivity contribution is -0.133. The predicted octanol–water partition coefficient (Wildman–Crippen LogP) is 4.87. The molecule has 168 valence electrons. The highest BCUT2D eigenvalue weighted by molar-refractivity contribution is 5.84. The molecule has 0 atom stereocenters. The quantitative estimate of drug-likeness (QED) is 0.623. The van der Waals surface area contributed by atoms with E-state index in [1.54, 1.807) is 9.80 Å². The van der Waals surface area contributed by atoms with Crippen molar-refractivity contribution in [2.45, 2.75) is 71.5 Å². The summed E-state index contributed by atoms with van der Waals surface area (Å²) in [5, 5.41) is 3.15. The minimum absolute atomic E-state index is 0.0684. The summed E-state index contributed by atoms with van der Waals surface area (Å²) >= 11 is 0. The number of urea groups is 1. The number of hydrogen-bond donors (Lipinski definition) is 1. The Bertz CT molecular complexity index is 828. The highest BCUT2D eigenvalue weighted by Crippen LogP contribution is 2.18. The molecule has 0 spiro atoms. The van der Waals surface area contributed by atoms with E-state index >= 15 is 0 Å². The van der Waals surface area contributed by atoms with Gasteiger partial charge in [-0.1, -0.05) is 56.5 Å². The van der Waals surface area contributed by atoms with Gasteiger partial charge < -0.3 is 19.5 Å². The molecule has 1 aliphatic rings. The number of nitrogens with zero attached hydrogens (tertiary/aromatic N) is 2. The summed E-state index contributed by atoms with van der Waals surface area (Å²) in [5.41, 5.74) is 1.05. The molecule has 6 nitrogen and oxygen atoms in total. The fourth-order valence-corrected chi connectivity index (χ4v) is 4.09. The van der Waals surface area contributed by atoms with Gasteiger partial charge in [0, 0.05) is 19.1 Å². The summed E-state index contributed by atoms with van der Waals surface area (Å²) in [4.78, 5) is 29.6. The Hall–Kier alpha value is -2.76. The average molecular weight is 426 g/mol. The fraction of sp³-hybridized carbons (Fsp3) is 0.520. The molecule has 1 N–H and O–H groups in total. The average Bonchev–Trinajstić information content (AvgIpc) is 3.19. The molecule has 1 fully saturated rings. The molecule has 0 saturated heterocycles. The van der Waals surface area contributed by atoms with Gasteiger partial charge in [0.05, 0.1) is 6.54 Å². The van der Waals surface area contributed by atoms with Crippen LogP contribution in [0.15, 0.2) is 46.9 Å². The molecule has 31 heavy (non-hydrogen) atoms. The SMILES string of the molecule is CCCN(CC(=O)N(Cc1ccccc1)Cc1ccc(C)o1)C(=O)NC1CCCCC1. The minimum Gasteiger partial charge on any atom is -0.464 e. The van der Waals surface area contributed by atoms with Crippen LogP contribution in [0, 0.1) is 6.92 Å². The third-order valence-electron chi connectivity index (χ3n) is 5.75. The number of amides is 3. The van der Waals surface area contributed by atoms with Gasteiger partial charge >= 0.3 is 6.03 Å². The molecule has 1 saturated carbocycles. The van der Waals surface area contributed by atoms with Crippen molar-refractivity contribution in [3.63, 3.8) is 0 Å². The van der Waals surface area contributed by atoms with Gasteiger partial charge in [-0.25, -0.2) is 4.79 Å². The number of nitrogens with one attached hydrogen (secondary N) is 1. The zero-order valence-electron chi connectivity index (χ0n) is 18.8. The smallest absolute Gasteiger partial charge is 0.318 e. The fourth-order valence-electron chi connectivity index (χ4n) is 4.09. The molecule has 3 amide bonds. The number of furan rings is 1. The molecule has 0 radical (unpaired) electrons. The lowest BCUT2D eigenvalue weighted by Crippen LogP contribution is -2.49. The number of benzene rings is 1. The molecule has 2 aromatic rings. The number of carbonyl (C=O) groups excluding carboxylic acids is 2. The summed E-state index contributed by atoms with van der Waals surface area (Å²) in [6.45, 7) is 5.40. The lowest BCUT2D eigenvalue weighted by atomic mass is 9.96. The van der Waals surface area contributed by atoms with Gasteiger partial charge in [0.25, 0.3) is 0 Å². The van der Waals surface area contributed by atoms with Gasteiger partial charge in [-0.2, -0.15) is 0 Å². The van der Waals surface area contributed by atoms with Crippen LogP contribution in [0.3, 0.4) is 0 Å². The van der Waals surface area contributed by atoms with E-state index in [1.165, 1.54) is 6.42 Å². The third kappa shape index (κ3) is 7.16. The second-order valence-corrected chi connectivity index (χ2v) is 8.45. The molecule has 0 bridgehead atoms. The highest BCUT2D eigenvalue weighted by Gasteiger charge is 2.24. The van der Waals surface area contributed by atoms with E-state index in [0.29, 0.717) is 19.6 Å². The first-order valence-corrected chi connectivity index (χ1v) is 11.5. The highest BCUT2D eigenvalue weighted by atomic mass is 16.3. The molecule has 3 rings (SSSR count). The molecule has 1 aliphatic carbocycles. The second-order valence-electron chi connectivity index (χ2n) is 8.45. The number of hydrogen-bond acceptors (Lipinski definition) is 3. The van der Waals surface area contributed by atoms with E-state index in [2.05, 4.69) is 5.32 Å². The largest absolute Gasteiger partial charge is 0.464 e. The van der Waals surface area contributed by atoms with Crippen molar-refractivity contribution in [1.29, 1.82) is 0 Å². The maximum atomic E-state index is 13.3. The van der Waals surface area contributed by atoms with Gasteiger partial charge in [0.2, 0.25) is 5.91 Å². The summed E-state index contributed by atoms with van der Waals surface area (Å²) in [7, 11) is 0. The maximum absolute atomic E-state index is 13.3. The van der Waals surface area contributed by atoms with E-state index in [-0.39, 0.29) is 24.5 Å². The Balaban J connectivity index is 1.68. The van der Waals surface area contributed by atoms with Crippen LogP contribution in [0.5, 0.6) is 0 Å².